The second kappa shape index (κ2) is 8.39. The molecule has 0 unspecified atom stereocenters. The van der Waals surface area contributed by atoms with E-state index in [-0.39, 0.29) is 12.3 Å². The molecule has 2 aromatic rings. The Hall–Kier alpha value is -2.27. The van der Waals surface area contributed by atoms with Gasteiger partial charge >= 0.3 is 0 Å². The average Bonchev–Trinajstić information content (AvgIpc) is 2.54. The summed E-state index contributed by atoms with van der Waals surface area (Å²) in [6.07, 6.45) is 0.0618. The summed E-state index contributed by atoms with van der Waals surface area (Å²) in [7, 11) is 0. The lowest BCUT2D eigenvalue weighted by Gasteiger charge is -2.13. The second-order valence-electron chi connectivity index (χ2n) is 5.31. The molecule has 4 nitrogen and oxygen atoms in total. The van der Waals surface area contributed by atoms with Crippen molar-refractivity contribution in [1.82, 2.24) is 5.32 Å². The van der Waals surface area contributed by atoms with Gasteiger partial charge in [0.25, 0.3) is 0 Å². The summed E-state index contributed by atoms with van der Waals surface area (Å²) in [5.41, 5.74) is 6.17. The van der Waals surface area contributed by atoms with E-state index in [0.717, 1.165) is 15.4 Å². The Morgan fingerprint density at radius 1 is 1.09 bits per heavy atom. The summed E-state index contributed by atoms with van der Waals surface area (Å²) >= 11 is 1.66. The number of hydrogen-bond acceptors (Lipinski definition) is 3. The SMILES string of the molecule is C[C@H](CC(N)=O)C(=O)NCc1ccccc1Sc1ccccc1. The topological polar surface area (TPSA) is 72.2 Å². The summed E-state index contributed by atoms with van der Waals surface area (Å²) in [6.45, 7) is 2.13. The fourth-order valence-electron chi connectivity index (χ4n) is 2.12. The van der Waals surface area contributed by atoms with Gasteiger partial charge in [-0.2, -0.15) is 0 Å². The molecule has 0 aromatic heterocycles. The fraction of sp³-hybridized carbons (Fsp3) is 0.222. The van der Waals surface area contributed by atoms with Gasteiger partial charge in [-0.1, -0.05) is 55.1 Å². The zero-order valence-corrected chi connectivity index (χ0v) is 13.8. The van der Waals surface area contributed by atoms with E-state index < -0.39 is 11.8 Å². The third kappa shape index (κ3) is 5.45. The van der Waals surface area contributed by atoms with Crippen molar-refractivity contribution in [2.75, 3.05) is 0 Å². The third-order valence-corrected chi connectivity index (χ3v) is 4.48. The first-order chi connectivity index (χ1) is 11.1. The molecule has 2 aromatic carbocycles. The molecule has 0 aliphatic carbocycles. The summed E-state index contributed by atoms with van der Waals surface area (Å²) < 4.78 is 0. The molecule has 3 N–H and O–H groups in total. The van der Waals surface area contributed by atoms with Crippen LogP contribution >= 0.6 is 11.8 Å². The Morgan fingerprint density at radius 3 is 2.43 bits per heavy atom. The minimum Gasteiger partial charge on any atom is -0.370 e. The third-order valence-electron chi connectivity index (χ3n) is 3.35. The normalized spacial score (nSPS) is 11.7. The Kier molecular flexibility index (Phi) is 6.23. The molecule has 0 aliphatic heterocycles. The van der Waals surface area contributed by atoms with Crippen molar-refractivity contribution in [3.63, 3.8) is 0 Å². The largest absolute Gasteiger partial charge is 0.370 e. The van der Waals surface area contributed by atoms with E-state index in [4.69, 9.17) is 5.73 Å². The highest BCUT2D eigenvalue weighted by Crippen LogP contribution is 2.30. The molecule has 0 radical (unpaired) electrons. The molecule has 0 bridgehead atoms. The first-order valence-corrected chi connectivity index (χ1v) is 8.24. The van der Waals surface area contributed by atoms with Crippen LogP contribution in [0, 0.1) is 5.92 Å². The van der Waals surface area contributed by atoms with Crippen molar-refractivity contribution in [2.45, 2.75) is 29.7 Å². The van der Waals surface area contributed by atoms with Gasteiger partial charge in [0.2, 0.25) is 11.8 Å². The van der Waals surface area contributed by atoms with Gasteiger partial charge in [-0.25, -0.2) is 0 Å². The molecule has 0 fully saturated rings. The van der Waals surface area contributed by atoms with Crippen molar-refractivity contribution in [3.05, 3.63) is 60.2 Å². The highest BCUT2D eigenvalue weighted by Gasteiger charge is 2.15. The zero-order chi connectivity index (χ0) is 16.7. The Morgan fingerprint density at radius 2 is 1.74 bits per heavy atom. The molecule has 120 valence electrons. The molecule has 0 spiro atoms. The number of primary amides is 1. The Labute approximate surface area is 140 Å². The minimum atomic E-state index is -0.465. The lowest BCUT2D eigenvalue weighted by Crippen LogP contribution is -2.31. The molecule has 2 rings (SSSR count). The number of carbonyl (C=O) groups excluding carboxylic acids is 2. The monoisotopic (exact) mass is 328 g/mol. The molecule has 5 heteroatoms. The summed E-state index contributed by atoms with van der Waals surface area (Å²) in [4.78, 5) is 25.1. The number of nitrogens with two attached hydrogens (primary N) is 1. The number of nitrogens with one attached hydrogen (secondary N) is 1. The molecule has 0 saturated carbocycles. The van der Waals surface area contributed by atoms with Crippen molar-refractivity contribution in [3.8, 4) is 0 Å². The summed E-state index contributed by atoms with van der Waals surface area (Å²) in [5.74, 6) is -1.04. The van der Waals surface area contributed by atoms with Gasteiger partial charge in [0.15, 0.2) is 0 Å². The second-order valence-corrected chi connectivity index (χ2v) is 6.43. The van der Waals surface area contributed by atoms with Gasteiger partial charge < -0.3 is 11.1 Å². The van der Waals surface area contributed by atoms with Crippen molar-refractivity contribution >= 4 is 23.6 Å². The molecule has 2 amide bonds. The van der Waals surface area contributed by atoms with E-state index >= 15 is 0 Å². The number of amides is 2. The van der Waals surface area contributed by atoms with Gasteiger partial charge in [0.05, 0.1) is 0 Å². The van der Waals surface area contributed by atoms with Crippen LogP contribution in [0.1, 0.15) is 18.9 Å². The molecule has 1 atom stereocenters. The first kappa shape index (κ1) is 17.1. The average molecular weight is 328 g/mol. The van der Waals surface area contributed by atoms with Gasteiger partial charge in [-0.05, 0) is 23.8 Å². The maximum absolute atomic E-state index is 12.0. The van der Waals surface area contributed by atoms with Crippen LogP contribution in [-0.4, -0.2) is 11.8 Å². The smallest absolute Gasteiger partial charge is 0.223 e. The van der Waals surface area contributed by atoms with Crippen LogP contribution in [0.25, 0.3) is 0 Å². The van der Waals surface area contributed by atoms with Gasteiger partial charge in [0, 0.05) is 28.7 Å². The van der Waals surface area contributed by atoms with Crippen molar-refractivity contribution in [2.24, 2.45) is 11.7 Å². The zero-order valence-electron chi connectivity index (χ0n) is 13.0. The molecule has 0 heterocycles. The Bertz CT molecular complexity index is 674. The first-order valence-electron chi connectivity index (χ1n) is 7.43. The summed E-state index contributed by atoms with van der Waals surface area (Å²) in [6, 6.07) is 18.0. The number of hydrogen-bond donors (Lipinski definition) is 2. The van der Waals surface area contributed by atoms with Gasteiger partial charge in [-0.3, -0.25) is 9.59 Å². The number of rotatable bonds is 7. The van der Waals surface area contributed by atoms with Crippen LogP contribution in [0.3, 0.4) is 0 Å². The van der Waals surface area contributed by atoms with Gasteiger partial charge in [-0.15, -0.1) is 0 Å². The molecule has 23 heavy (non-hydrogen) atoms. The van der Waals surface area contributed by atoms with Crippen LogP contribution in [-0.2, 0) is 16.1 Å². The minimum absolute atomic E-state index is 0.0618. The summed E-state index contributed by atoms with van der Waals surface area (Å²) in [5, 5.41) is 2.87. The maximum Gasteiger partial charge on any atom is 0.223 e. The lowest BCUT2D eigenvalue weighted by molar-refractivity contribution is -0.128. The van der Waals surface area contributed by atoms with Crippen molar-refractivity contribution < 1.29 is 9.59 Å². The van der Waals surface area contributed by atoms with E-state index in [2.05, 4.69) is 17.4 Å². The van der Waals surface area contributed by atoms with Crippen LogP contribution in [0.15, 0.2) is 64.4 Å². The molecular formula is C18H20N2O2S. The van der Waals surface area contributed by atoms with Crippen LogP contribution in [0.4, 0.5) is 0 Å². The molecule has 0 saturated heterocycles. The highest BCUT2D eigenvalue weighted by molar-refractivity contribution is 7.99. The number of benzene rings is 2. The van der Waals surface area contributed by atoms with Crippen LogP contribution in [0.2, 0.25) is 0 Å². The number of carbonyl (C=O) groups is 2. The standard InChI is InChI=1S/C18H20N2O2S/c1-13(11-17(19)21)18(22)20-12-14-7-5-6-10-16(14)23-15-8-3-2-4-9-15/h2-10,13H,11-12H2,1H3,(H2,19,21)(H,20,22)/t13-/m1/s1. The van der Waals surface area contributed by atoms with Crippen molar-refractivity contribution in [1.29, 1.82) is 0 Å². The van der Waals surface area contributed by atoms with E-state index in [9.17, 15) is 9.59 Å². The van der Waals surface area contributed by atoms with E-state index in [1.165, 1.54) is 0 Å². The van der Waals surface area contributed by atoms with E-state index in [1.807, 2.05) is 42.5 Å². The molecular weight excluding hydrogens is 308 g/mol. The van der Waals surface area contributed by atoms with Gasteiger partial charge in [0.1, 0.15) is 0 Å². The van der Waals surface area contributed by atoms with Crippen LogP contribution < -0.4 is 11.1 Å². The maximum atomic E-state index is 12.0. The molecule has 0 aliphatic rings. The van der Waals surface area contributed by atoms with Crippen LogP contribution in [0.5, 0.6) is 0 Å². The van der Waals surface area contributed by atoms with E-state index in [1.54, 1.807) is 18.7 Å². The Balaban J connectivity index is 2.00. The van der Waals surface area contributed by atoms with E-state index in [0.29, 0.717) is 6.54 Å². The lowest BCUT2D eigenvalue weighted by atomic mass is 10.1. The highest BCUT2D eigenvalue weighted by atomic mass is 32.2. The quantitative estimate of drug-likeness (QED) is 0.821. The fourth-order valence-corrected chi connectivity index (χ4v) is 3.08. The predicted molar refractivity (Wildman–Crippen MR) is 91.8 cm³/mol. The predicted octanol–water partition coefficient (Wildman–Crippen LogP) is 2.97.